The summed E-state index contributed by atoms with van der Waals surface area (Å²) in [5.41, 5.74) is 2.45. The number of hydrogen-bond donors (Lipinski definition) is 7. The maximum absolute atomic E-state index is 14.2. The van der Waals surface area contributed by atoms with Crippen molar-refractivity contribution in [2.45, 2.75) is 83.1 Å². The number of ether oxygens (including phenoxy) is 4. The fraction of sp³-hybridized carbons (Fsp3) is 0.377. The summed E-state index contributed by atoms with van der Waals surface area (Å²) in [4.78, 5) is 123. The van der Waals surface area contributed by atoms with Gasteiger partial charge in [0.2, 0.25) is 29.5 Å². The summed E-state index contributed by atoms with van der Waals surface area (Å²) in [6.45, 7) is 4.19. The highest BCUT2D eigenvalue weighted by Crippen LogP contribution is 2.43. The molecule has 0 aromatic heterocycles. The Kier molecular flexibility index (Phi) is 18.9. The SMILES string of the molecule is C#CCNC(=O)[C@H](CCC(=O)N[C@H](C(=O)N[C@@H](C)C(=O)Nc1ccc(COC(=O)N2c3cc(OC)c(OC)cc3C(=O)N3C=C(c4ccc(OC)cc4)C[C@H]3[C@@H]2O)cc1)C(C)C)NC(=O)[C@H](CNC)N1C(=O)C=CC1=O. The molecule has 0 fully saturated rings. The standard InChI is InChI=1S/C53H61N9O14/c1-9-22-55-48(67)37(58-49(68)40(26-54-5)61-44(64)20-21-45(61)65)18-19-43(63)59-46(29(2)3)50(69)56-30(4)47(66)57-34-14-10-31(11-15-34)28-76-53(72)62-38-25-42(75-8)41(74-7)24-36(38)51(70)60-27-33(23-39(60)52(62)71)32-12-16-35(73-6)17-13-32/h1,10-17,20-21,24-25,27,29-30,37,39-40,46,52,54,71H,18-19,22-23,26,28H2,2-8H3,(H,55,67)(H,56,69)(H,57,66)(H,58,68)(H,59,63)/t30-,37-,39-,40-,46-,52-/m0/s1. The molecule has 9 amide bonds. The van der Waals surface area contributed by atoms with Gasteiger partial charge >= 0.3 is 6.09 Å². The van der Waals surface area contributed by atoms with Crippen LogP contribution in [0.25, 0.3) is 5.57 Å². The number of hydrogen-bond acceptors (Lipinski definition) is 15. The number of aliphatic hydroxyl groups is 1. The highest BCUT2D eigenvalue weighted by Gasteiger charge is 2.46. The van der Waals surface area contributed by atoms with Crippen LogP contribution >= 0.6 is 0 Å². The molecule has 23 heteroatoms. The highest BCUT2D eigenvalue weighted by atomic mass is 16.6. The molecule has 6 rings (SSSR count). The third-order valence-electron chi connectivity index (χ3n) is 12.7. The van der Waals surface area contributed by atoms with Crippen molar-refractivity contribution in [2.75, 3.05) is 51.7 Å². The Labute approximate surface area is 438 Å². The van der Waals surface area contributed by atoms with Gasteiger partial charge in [0, 0.05) is 43.1 Å². The zero-order valence-electron chi connectivity index (χ0n) is 43.0. The zero-order chi connectivity index (χ0) is 55.4. The topological polar surface area (TPSA) is 293 Å². The molecule has 0 spiro atoms. The Morgan fingerprint density at radius 2 is 1.47 bits per heavy atom. The number of amides is 9. The number of nitrogens with one attached hydrogen (secondary N) is 6. The lowest BCUT2D eigenvalue weighted by Gasteiger charge is -2.31. The Hall–Kier alpha value is -8.75. The molecular formula is C53H61N9O14. The first-order valence-corrected chi connectivity index (χ1v) is 24.1. The largest absolute Gasteiger partial charge is 0.497 e. The molecular weight excluding hydrogens is 987 g/mol. The molecule has 76 heavy (non-hydrogen) atoms. The maximum atomic E-state index is 14.2. The van der Waals surface area contributed by atoms with E-state index in [0.717, 1.165) is 33.1 Å². The van der Waals surface area contributed by atoms with Crippen molar-refractivity contribution in [3.05, 3.63) is 95.7 Å². The smallest absolute Gasteiger partial charge is 0.416 e. The lowest BCUT2D eigenvalue weighted by atomic mass is 10.0. The molecule has 0 bridgehead atoms. The number of imide groups is 1. The van der Waals surface area contributed by atoms with Crippen LogP contribution in [0.15, 0.2) is 79.0 Å². The van der Waals surface area contributed by atoms with Gasteiger partial charge in [-0.15, -0.1) is 6.42 Å². The lowest BCUT2D eigenvalue weighted by Crippen LogP contribution is -2.58. The number of carbonyl (C=O) groups is 9. The average Bonchev–Trinajstić information content (AvgIpc) is 3.99. The van der Waals surface area contributed by atoms with E-state index in [2.05, 4.69) is 37.8 Å². The molecule has 0 radical (unpaired) electrons. The van der Waals surface area contributed by atoms with Crippen molar-refractivity contribution < 1.29 is 67.2 Å². The van der Waals surface area contributed by atoms with E-state index in [-0.39, 0.29) is 61.7 Å². The van der Waals surface area contributed by atoms with E-state index < -0.39 is 95.7 Å². The van der Waals surface area contributed by atoms with Crippen LogP contribution < -0.4 is 51.0 Å². The number of anilines is 2. The Balaban J connectivity index is 1.05. The average molecular weight is 1050 g/mol. The maximum Gasteiger partial charge on any atom is 0.416 e. The molecule has 3 aromatic rings. The van der Waals surface area contributed by atoms with E-state index in [9.17, 15) is 48.3 Å². The van der Waals surface area contributed by atoms with Crippen LogP contribution in [0, 0.1) is 18.3 Å². The van der Waals surface area contributed by atoms with Crippen molar-refractivity contribution in [1.29, 1.82) is 0 Å². The van der Waals surface area contributed by atoms with E-state index in [1.165, 1.54) is 45.2 Å². The number of terminal acetylenes is 1. The van der Waals surface area contributed by atoms with Crippen molar-refractivity contribution in [2.24, 2.45) is 5.92 Å². The van der Waals surface area contributed by atoms with Crippen molar-refractivity contribution in [3.8, 4) is 29.6 Å². The molecule has 3 aliphatic rings. The molecule has 0 saturated carbocycles. The van der Waals surface area contributed by atoms with E-state index in [1.54, 1.807) is 63.6 Å². The second-order valence-corrected chi connectivity index (χ2v) is 18.1. The second kappa shape index (κ2) is 25.5. The molecule has 0 unspecified atom stereocenters. The molecule has 0 aliphatic carbocycles. The molecule has 7 N–H and O–H groups in total. The summed E-state index contributed by atoms with van der Waals surface area (Å²) in [5.74, 6) is -2.60. The van der Waals surface area contributed by atoms with Gasteiger partial charge in [-0.25, -0.2) is 9.69 Å². The summed E-state index contributed by atoms with van der Waals surface area (Å²) in [6.07, 6.45) is 6.03. The number of aliphatic hydroxyl groups excluding tert-OH is 1. The van der Waals surface area contributed by atoms with Crippen LogP contribution in [0.3, 0.4) is 0 Å². The molecule has 0 saturated heterocycles. The van der Waals surface area contributed by atoms with Crippen LogP contribution in [-0.4, -0.2) is 146 Å². The number of rotatable bonds is 22. The first-order chi connectivity index (χ1) is 36.3. The van der Waals surface area contributed by atoms with Gasteiger partial charge in [-0.1, -0.05) is 44.0 Å². The highest BCUT2D eigenvalue weighted by molar-refractivity contribution is 6.15. The lowest BCUT2D eigenvalue weighted by molar-refractivity contribution is -0.145. The number of methoxy groups -OCH3 is 3. The minimum atomic E-state index is -1.57. The van der Waals surface area contributed by atoms with Crippen molar-refractivity contribution >= 4 is 70.3 Å². The summed E-state index contributed by atoms with van der Waals surface area (Å²) < 4.78 is 22.0. The predicted molar refractivity (Wildman–Crippen MR) is 275 cm³/mol. The fourth-order valence-electron chi connectivity index (χ4n) is 8.58. The number of benzene rings is 3. The molecule has 3 aliphatic heterocycles. The van der Waals surface area contributed by atoms with Crippen LogP contribution in [-0.2, 0) is 44.9 Å². The first-order valence-electron chi connectivity index (χ1n) is 24.1. The molecule has 23 nitrogen and oxygen atoms in total. The van der Waals surface area contributed by atoms with Crippen molar-refractivity contribution in [3.63, 3.8) is 0 Å². The number of nitrogens with zero attached hydrogens (tertiary/aromatic N) is 3. The molecule has 3 heterocycles. The van der Waals surface area contributed by atoms with Gasteiger partial charge in [0.05, 0.1) is 45.2 Å². The number of likely N-dealkylation sites (N-methyl/N-ethyl adjacent to an activating group) is 1. The summed E-state index contributed by atoms with van der Waals surface area (Å²) in [6, 6.07) is 10.6. The fourth-order valence-corrected chi connectivity index (χ4v) is 8.58. The van der Waals surface area contributed by atoms with E-state index in [1.807, 2.05) is 12.1 Å². The summed E-state index contributed by atoms with van der Waals surface area (Å²) in [5, 5.41) is 27.6. The second-order valence-electron chi connectivity index (χ2n) is 18.1. The molecule has 402 valence electrons. The number of fused-ring (bicyclic) bond motifs is 2. The van der Waals surface area contributed by atoms with Crippen LogP contribution in [0.5, 0.6) is 17.2 Å². The van der Waals surface area contributed by atoms with Gasteiger partial charge in [-0.05, 0) is 79.8 Å². The summed E-state index contributed by atoms with van der Waals surface area (Å²) in [7, 11) is 5.86. The van der Waals surface area contributed by atoms with Gasteiger partial charge in [0.25, 0.3) is 17.7 Å². The summed E-state index contributed by atoms with van der Waals surface area (Å²) >= 11 is 0. The van der Waals surface area contributed by atoms with Gasteiger partial charge in [0.1, 0.15) is 36.5 Å². The van der Waals surface area contributed by atoms with Crippen LogP contribution in [0.1, 0.15) is 61.5 Å². The monoisotopic (exact) mass is 1050 g/mol. The van der Waals surface area contributed by atoms with Gasteiger partial charge in [0.15, 0.2) is 17.7 Å². The van der Waals surface area contributed by atoms with Gasteiger partial charge < -0.3 is 60.9 Å². The van der Waals surface area contributed by atoms with E-state index in [4.69, 9.17) is 25.4 Å². The minimum Gasteiger partial charge on any atom is -0.497 e. The Morgan fingerprint density at radius 1 is 0.816 bits per heavy atom. The molecule has 6 atom stereocenters. The molecule has 3 aromatic carbocycles. The quantitative estimate of drug-likeness (QED) is 0.0555. The third-order valence-corrected chi connectivity index (χ3v) is 12.7. The third kappa shape index (κ3) is 13.1. The Morgan fingerprint density at radius 3 is 2.08 bits per heavy atom. The van der Waals surface area contributed by atoms with Crippen LogP contribution in [0.4, 0.5) is 16.2 Å². The van der Waals surface area contributed by atoms with Crippen molar-refractivity contribution in [1.82, 2.24) is 36.4 Å². The number of carbonyl (C=O) groups excluding carboxylic acids is 9. The minimum absolute atomic E-state index is 0.0384. The van der Waals surface area contributed by atoms with Crippen LogP contribution in [0.2, 0.25) is 0 Å². The normalized spacial score (nSPS) is 17.2. The first kappa shape index (κ1) is 56.5. The zero-order valence-corrected chi connectivity index (χ0v) is 43.0. The Bertz CT molecular complexity index is 2810. The van der Waals surface area contributed by atoms with Gasteiger partial charge in [-0.2, -0.15) is 0 Å². The van der Waals surface area contributed by atoms with Gasteiger partial charge in [-0.3, -0.25) is 43.3 Å². The van der Waals surface area contributed by atoms with E-state index in [0.29, 0.717) is 17.0 Å². The van der Waals surface area contributed by atoms with E-state index >= 15 is 0 Å². The predicted octanol–water partition coefficient (Wildman–Crippen LogP) is 1.55.